The van der Waals surface area contributed by atoms with Crippen LogP contribution in [0.2, 0.25) is 0 Å². The van der Waals surface area contributed by atoms with Crippen molar-refractivity contribution in [3.8, 4) is 5.75 Å². The highest BCUT2D eigenvalue weighted by Crippen LogP contribution is 2.40. The number of nitrogens with zero attached hydrogens (tertiary/aromatic N) is 1. The van der Waals surface area contributed by atoms with Crippen molar-refractivity contribution in [3.63, 3.8) is 0 Å². The van der Waals surface area contributed by atoms with E-state index >= 15 is 0 Å². The summed E-state index contributed by atoms with van der Waals surface area (Å²) in [7, 11) is 5.34. The minimum atomic E-state index is 0.369. The summed E-state index contributed by atoms with van der Waals surface area (Å²) in [5.74, 6) is 1.82. The zero-order valence-electron chi connectivity index (χ0n) is 16.6. The number of hydrogen-bond acceptors (Lipinski definition) is 3. The predicted molar refractivity (Wildman–Crippen MR) is 108 cm³/mol. The number of benzene rings is 1. The van der Waals surface area contributed by atoms with Crippen LogP contribution >= 0.6 is 0 Å². The number of aryl methyl sites for hydroxylation is 1. The second-order valence-electron chi connectivity index (χ2n) is 7.26. The molecule has 0 spiro atoms. The molecule has 1 saturated carbocycles. The summed E-state index contributed by atoms with van der Waals surface area (Å²) in [6, 6.07) is 8.28. The first kappa shape index (κ1) is 20.6. The van der Waals surface area contributed by atoms with Crippen LogP contribution in [-0.4, -0.2) is 46.9 Å². The van der Waals surface area contributed by atoms with Crippen molar-refractivity contribution in [2.75, 3.05) is 41.0 Å². The highest BCUT2D eigenvalue weighted by Gasteiger charge is 2.33. The maximum Gasteiger partial charge on any atom is 0.190 e. The monoisotopic (exact) mass is 361 g/mol. The van der Waals surface area contributed by atoms with Gasteiger partial charge in [-0.2, -0.15) is 0 Å². The summed E-state index contributed by atoms with van der Waals surface area (Å²) in [5.41, 5.74) is 1.67. The normalized spacial score (nSPS) is 16.5. The van der Waals surface area contributed by atoms with E-state index in [0.717, 1.165) is 50.7 Å². The van der Waals surface area contributed by atoms with Gasteiger partial charge in [0.1, 0.15) is 5.75 Å². The van der Waals surface area contributed by atoms with Gasteiger partial charge in [0.2, 0.25) is 0 Å². The highest BCUT2D eigenvalue weighted by atomic mass is 16.5. The summed E-state index contributed by atoms with van der Waals surface area (Å²) in [6.07, 6.45) is 8.45. The van der Waals surface area contributed by atoms with Gasteiger partial charge >= 0.3 is 0 Å². The van der Waals surface area contributed by atoms with Crippen molar-refractivity contribution in [3.05, 3.63) is 29.8 Å². The molecule has 146 valence electrons. The molecule has 1 aliphatic carbocycles. The molecule has 5 nitrogen and oxygen atoms in total. The molecule has 1 fully saturated rings. The molecule has 0 unspecified atom stereocenters. The molecule has 2 N–H and O–H groups in total. The van der Waals surface area contributed by atoms with Crippen molar-refractivity contribution in [2.45, 2.75) is 44.9 Å². The van der Waals surface area contributed by atoms with Gasteiger partial charge in [-0.1, -0.05) is 25.0 Å². The van der Waals surface area contributed by atoms with Crippen molar-refractivity contribution in [2.24, 2.45) is 10.4 Å². The minimum Gasteiger partial charge on any atom is -0.497 e. The molecule has 0 saturated heterocycles. The second-order valence-corrected chi connectivity index (χ2v) is 7.26. The summed E-state index contributed by atoms with van der Waals surface area (Å²) in [5, 5.41) is 6.98. The van der Waals surface area contributed by atoms with E-state index < -0.39 is 0 Å². The Morgan fingerprint density at radius 1 is 1.19 bits per heavy atom. The third-order valence-corrected chi connectivity index (χ3v) is 5.42. The molecule has 1 aromatic carbocycles. The Morgan fingerprint density at radius 3 is 2.69 bits per heavy atom. The average molecular weight is 362 g/mol. The van der Waals surface area contributed by atoms with E-state index in [2.05, 4.69) is 27.8 Å². The first-order chi connectivity index (χ1) is 12.7. The number of rotatable bonds is 10. The molecule has 0 radical (unpaired) electrons. The van der Waals surface area contributed by atoms with Crippen LogP contribution in [0.5, 0.6) is 5.75 Å². The van der Waals surface area contributed by atoms with Crippen molar-refractivity contribution in [1.29, 1.82) is 0 Å². The maximum absolute atomic E-state index is 5.32. The molecule has 1 aromatic rings. The summed E-state index contributed by atoms with van der Waals surface area (Å²) in [4.78, 5) is 4.38. The van der Waals surface area contributed by atoms with E-state index in [4.69, 9.17) is 9.47 Å². The zero-order chi connectivity index (χ0) is 18.7. The number of hydrogen-bond donors (Lipinski definition) is 2. The van der Waals surface area contributed by atoms with Crippen molar-refractivity contribution >= 4 is 5.96 Å². The Kier molecular flexibility index (Phi) is 8.75. The van der Waals surface area contributed by atoms with E-state index in [0.29, 0.717) is 5.41 Å². The molecular formula is C21H35N3O2. The first-order valence-electron chi connectivity index (χ1n) is 9.78. The van der Waals surface area contributed by atoms with Gasteiger partial charge in [0.15, 0.2) is 5.96 Å². The van der Waals surface area contributed by atoms with Crippen LogP contribution in [0.3, 0.4) is 0 Å². The lowest BCUT2D eigenvalue weighted by molar-refractivity contribution is 0.138. The molecule has 26 heavy (non-hydrogen) atoms. The van der Waals surface area contributed by atoms with Gasteiger partial charge in [-0.05, 0) is 55.2 Å². The molecular weight excluding hydrogens is 326 g/mol. The van der Waals surface area contributed by atoms with Gasteiger partial charge < -0.3 is 20.1 Å². The molecule has 0 heterocycles. The second kappa shape index (κ2) is 11.1. The molecule has 1 aliphatic rings. The molecule has 0 aliphatic heterocycles. The molecule has 0 aromatic heterocycles. The number of aliphatic imine (C=N–C) groups is 1. The molecule has 0 atom stereocenters. The topological polar surface area (TPSA) is 54.9 Å². The third kappa shape index (κ3) is 6.52. The lowest BCUT2D eigenvalue weighted by Gasteiger charge is -2.30. The molecule has 0 amide bonds. The van der Waals surface area contributed by atoms with Crippen molar-refractivity contribution < 1.29 is 9.47 Å². The lowest BCUT2D eigenvalue weighted by atomic mass is 9.83. The van der Waals surface area contributed by atoms with E-state index in [9.17, 15) is 0 Å². The largest absolute Gasteiger partial charge is 0.497 e. The van der Waals surface area contributed by atoms with Crippen LogP contribution in [0.15, 0.2) is 29.3 Å². The van der Waals surface area contributed by atoms with Crippen molar-refractivity contribution in [1.82, 2.24) is 10.6 Å². The Balaban J connectivity index is 1.71. The van der Waals surface area contributed by atoms with Crippen LogP contribution in [0, 0.1) is 5.41 Å². The Labute approximate surface area is 158 Å². The Morgan fingerprint density at radius 2 is 2.00 bits per heavy atom. The average Bonchev–Trinajstić information content (AvgIpc) is 3.15. The van der Waals surface area contributed by atoms with Gasteiger partial charge in [-0.15, -0.1) is 0 Å². The van der Waals surface area contributed by atoms with E-state index in [-0.39, 0.29) is 0 Å². The molecule has 5 heteroatoms. The van der Waals surface area contributed by atoms with Crippen LogP contribution in [0.4, 0.5) is 0 Å². The lowest BCUT2D eigenvalue weighted by Crippen LogP contribution is -2.43. The Bertz CT molecular complexity index is 554. The van der Waals surface area contributed by atoms with Gasteiger partial charge in [-0.3, -0.25) is 4.99 Å². The van der Waals surface area contributed by atoms with Crippen LogP contribution in [0.25, 0.3) is 0 Å². The fourth-order valence-corrected chi connectivity index (χ4v) is 3.78. The fraction of sp³-hybridized carbons (Fsp3) is 0.667. The fourth-order valence-electron chi connectivity index (χ4n) is 3.78. The number of methoxy groups -OCH3 is 2. The standard InChI is InChI=1S/C21H35N3O2/c1-22-20(24-17-21(13-15-25-2)11-4-5-12-21)23-14-7-9-18-8-6-10-19(16-18)26-3/h6,8,10,16H,4-5,7,9,11-15,17H2,1-3H3,(H2,22,23,24). The van der Waals surface area contributed by atoms with Crippen LogP contribution in [-0.2, 0) is 11.2 Å². The van der Waals surface area contributed by atoms with Crippen LogP contribution < -0.4 is 15.4 Å². The van der Waals surface area contributed by atoms with Gasteiger partial charge in [-0.25, -0.2) is 0 Å². The molecule has 0 bridgehead atoms. The predicted octanol–water partition coefficient (Wildman–Crippen LogP) is 3.39. The van der Waals surface area contributed by atoms with Gasteiger partial charge in [0, 0.05) is 33.9 Å². The first-order valence-corrected chi connectivity index (χ1v) is 9.78. The SMILES string of the molecule is CN=C(NCCCc1cccc(OC)c1)NCC1(CCOC)CCCC1. The summed E-state index contributed by atoms with van der Waals surface area (Å²) in [6.45, 7) is 2.72. The number of nitrogens with one attached hydrogen (secondary N) is 2. The highest BCUT2D eigenvalue weighted by molar-refractivity contribution is 5.79. The van der Waals surface area contributed by atoms with E-state index in [1.165, 1.54) is 31.2 Å². The van der Waals surface area contributed by atoms with E-state index in [1.54, 1.807) is 14.2 Å². The quantitative estimate of drug-likeness (QED) is 0.381. The minimum absolute atomic E-state index is 0.369. The van der Waals surface area contributed by atoms with Crippen LogP contribution in [0.1, 0.15) is 44.1 Å². The maximum atomic E-state index is 5.32. The zero-order valence-corrected chi connectivity index (χ0v) is 16.6. The summed E-state index contributed by atoms with van der Waals surface area (Å²) < 4.78 is 10.6. The molecule has 2 rings (SSSR count). The Hall–Kier alpha value is -1.75. The van der Waals surface area contributed by atoms with E-state index in [1.807, 2.05) is 19.2 Å². The van der Waals surface area contributed by atoms with Gasteiger partial charge in [0.05, 0.1) is 7.11 Å². The summed E-state index contributed by atoms with van der Waals surface area (Å²) >= 11 is 0. The van der Waals surface area contributed by atoms with Gasteiger partial charge in [0.25, 0.3) is 0 Å². The smallest absolute Gasteiger partial charge is 0.190 e. The number of ether oxygens (including phenoxy) is 2. The number of guanidine groups is 1. The third-order valence-electron chi connectivity index (χ3n) is 5.42.